The van der Waals surface area contributed by atoms with E-state index in [4.69, 9.17) is 15.6 Å². The zero-order valence-electron chi connectivity index (χ0n) is 12.8. The molecule has 0 aliphatic carbocycles. The third-order valence-electron chi connectivity index (χ3n) is 3.45. The van der Waals surface area contributed by atoms with Crippen molar-refractivity contribution in [1.82, 2.24) is 0 Å². The fourth-order valence-corrected chi connectivity index (χ4v) is 1.76. The number of aliphatic hydroxyl groups excluding tert-OH is 1. The van der Waals surface area contributed by atoms with Gasteiger partial charge >= 0.3 is 5.97 Å². The second-order valence-electron chi connectivity index (χ2n) is 6.15. The summed E-state index contributed by atoms with van der Waals surface area (Å²) in [5.74, 6) is -0.289. The highest BCUT2D eigenvalue weighted by Crippen LogP contribution is 2.27. The van der Waals surface area contributed by atoms with Crippen LogP contribution in [0.1, 0.15) is 38.8 Å². The van der Waals surface area contributed by atoms with E-state index >= 15 is 0 Å². The molecule has 0 atom stereocenters. The molecule has 1 rings (SSSR count). The molecule has 0 saturated heterocycles. The first-order chi connectivity index (χ1) is 9.23. The summed E-state index contributed by atoms with van der Waals surface area (Å²) in [7, 11) is 0. The van der Waals surface area contributed by atoms with Crippen LogP contribution in [0.4, 0.5) is 0 Å². The Hall–Kier alpha value is -1.39. The minimum Gasteiger partial charge on any atom is -0.458 e. The van der Waals surface area contributed by atoms with Gasteiger partial charge in [0.25, 0.3) is 0 Å². The minimum absolute atomic E-state index is 0.121. The molecule has 4 nitrogen and oxygen atoms in total. The molecule has 4 heteroatoms. The van der Waals surface area contributed by atoms with Gasteiger partial charge in [0, 0.05) is 13.2 Å². The number of hydrogen-bond donors (Lipinski definition) is 2. The molecular formula is C16H25NO3. The van der Waals surface area contributed by atoms with Crippen molar-refractivity contribution in [3.8, 4) is 0 Å². The predicted octanol–water partition coefficient (Wildman–Crippen LogP) is 1.78. The standard InChI is InChI=1S/C16H25NO3/c1-15(2,11-17)20-14(19)16(3,4)13-7-5-12(6-8-13)9-10-18/h5-8,18H,9-11,17H2,1-4H3. The van der Waals surface area contributed by atoms with Gasteiger partial charge in [-0.3, -0.25) is 4.79 Å². The van der Waals surface area contributed by atoms with Gasteiger partial charge in [0.15, 0.2) is 0 Å². The highest BCUT2D eigenvalue weighted by Gasteiger charge is 2.35. The molecule has 0 aliphatic heterocycles. The van der Waals surface area contributed by atoms with E-state index < -0.39 is 11.0 Å². The molecule has 1 aromatic rings. The maximum Gasteiger partial charge on any atom is 0.316 e. The molecule has 3 N–H and O–H groups in total. The molecule has 0 heterocycles. The zero-order valence-corrected chi connectivity index (χ0v) is 12.8. The number of ether oxygens (including phenoxy) is 1. The van der Waals surface area contributed by atoms with Crippen molar-refractivity contribution in [2.75, 3.05) is 13.2 Å². The zero-order chi connectivity index (χ0) is 15.4. The molecule has 0 aromatic heterocycles. The number of carbonyl (C=O) groups is 1. The third-order valence-corrected chi connectivity index (χ3v) is 3.45. The van der Waals surface area contributed by atoms with Crippen LogP contribution in [0.5, 0.6) is 0 Å². The summed E-state index contributed by atoms with van der Waals surface area (Å²) in [5.41, 5.74) is 6.13. The Morgan fingerprint density at radius 3 is 2.20 bits per heavy atom. The third kappa shape index (κ3) is 4.05. The van der Waals surface area contributed by atoms with Gasteiger partial charge in [-0.05, 0) is 45.2 Å². The Bertz CT molecular complexity index is 449. The van der Waals surface area contributed by atoms with Crippen LogP contribution in [0, 0.1) is 0 Å². The van der Waals surface area contributed by atoms with Crippen molar-refractivity contribution >= 4 is 5.97 Å². The topological polar surface area (TPSA) is 72.5 Å². The smallest absolute Gasteiger partial charge is 0.316 e. The fraction of sp³-hybridized carbons (Fsp3) is 0.562. The van der Waals surface area contributed by atoms with E-state index in [1.54, 1.807) is 13.8 Å². The molecule has 20 heavy (non-hydrogen) atoms. The summed E-state index contributed by atoms with van der Waals surface area (Å²) in [6.45, 7) is 7.67. The number of benzene rings is 1. The van der Waals surface area contributed by atoms with E-state index in [1.807, 2.05) is 38.1 Å². The van der Waals surface area contributed by atoms with Gasteiger partial charge in [-0.2, -0.15) is 0 Å². The van der Waals surface area contributed by atoms with E-state index in [-0.39, 0.29) is 19.1 Å². The Kier molecular flexibility index (Phi) is 5.31. The second-order valence-corrected chi connectivity index (χ2v) is 6.15. The summed E-state index contributed by atoms with van der Waals surface area (Å²) in [4.78, 5) is 12.3. The lowest BCUT2D eigenvalue weighted by Crippen LogP contribution is -2.42. The number of rotatable bonds is 6. The summed E-state index contributed by atoms with van der Waals surface area (Å²) in [5, 5.41) is 8.91. The number of carbonyl (C=O) groups excluding carboxylic acids is 1. The van der Waals surface area contributed by atoms with E-state index in [0.29, 0.717) is 6.42 Å². The molecule has 112 valence electrons. The Balaban J connectivity index is 2.89. The summed E-state index contributed by atoms with van der Waals surface area (Å²) in [6, 6.07) is 7.66. The van der Waals surface area contributed by atoms with Crippen molar-refractivity contribution in [2.45, 2.75) is 45.1 Å². The van der Waals surface area contributed by atoms with Crippen LogP contribution in [0.3, 0.4) is 0 Å². The Morgan fingerprint density at radius 1 is 1.20 bits per heavy atom. The first-order valence-corrected chi connectivity index (χ1v) is 6.87. The molecule has 0 spiro atoms. The van der Waals surface area contributed by atoms with Crippen LogP contribution in [0.2, 0.25) is 0 Å². The highest BCUT2D eigenvalue weighted by molar-refractivity contribution is 5.82. The molecule has 0 amide bonds. The quantitative estimate of drug-likeness (QED) is 0.779. The van der Waals surface area contributed by atoms with Gasteiger partial charge in [-0.1, -0.05) is 24.3 Å². The predicted molar refractivity (Wildman–Crippen MR) is 79.5 cm³/mol. The lowest BCUT2D eigenvalue weighted by Gasteiger charge is -2.30. The van der Waals surface area contributed by atoms with Gasteiger partial charge in [-0.15, -0.1) is 0 Å². The van der Waals surface area contributed by atoms with E-state index in [9.17, 15) is 4.79 Å². The van der Waals surface area contributed by atoms with E-state index in [2.05, 4.69) is 0 Å². The second kappa shape index (κ2) is 6.37. The maximum atomic E-state index is 12.3. The molecular weight excluding hydrogens is 254 g/mol. The fourth-order valence-electron chi connectivity index (χ4n) is 1.76. The average molecular weight is 279 g/mol. The molecule has 0 saturated carbocycles. The first-order valence-electron chi connectivity index (χ1n) is 6.87. The van der Waals surface area contributed by atoms with Gasteiger partial charge < -0.3 is 15.6 Å². The summed E-state index contributed by atoms with van der Waals surface area (Å²) >= 11 is 0. The van der Waals surface area contributed by atoms with Crippen LogP contribution in [0.15, 0.2) is 24.3 Å². The number of hydrogen-bond acceptors (Lipinski definition) is 4. The highest BCUT2D eigenvalue weighted by atomic mass is 16.6. The number of nitrogens with two attached hydrogens (primary N) is 1. The normalized spacial score (nSPS) is 12.3. The van der Waals surface area contributed by atoms with Crippen LogP contribution >= 0.6 is 0 Å². The molecule has 0 radical (unpaired) electrons. The molecule has 0 fully saturated rings. The lowest BCUT2D eigenvalue weighted by atomic mass is 9.84. The minimum atomic E-state index is -0.732. The Labute approximate surface area is 120 Å². The number of aliphatic hydroxyl groups is 1. The van der Waals surface area contributed by atoms with Crippen molar-refractivity contribution in [1.29, 1.82) is 0 Å². The molecule has 0 bridgehead atoms. The Morgan fingerprint density at radius 2 is 1.75 bits per heavy atom. The number of esters is 1. The first kappa shape index (κ1) is 16.7. The van der Waals surface area contributed by atoms with Gasteiger partial charge in [0.2, 0.25) is 0 Å². The van der Waals surface area contributed by atoms with Crippen molar-refractivity contribution in [3.05, 3.63) is 35.4 Å². The van der Waals surface area contributed by atoms with Crippen LogP contribution in [-0.4, -0.2) is 29.8 Å². The summed E-state index contributed by atoms with van der Waals surface area (Å²) in [6.07, 6.45) is 0.616. The van der Waals surface area contributed by atoms with Gasteiger partial charge in [0.05, 0.1) is 5.41 Å². The van der Waals surface area contributed by atoms with E-state index in [1.165, 1.54) is 0 Å². The molecule has 0 aliphatic rings. The van der Waals surface area contributed by atoms with E-state index in [0.717, 1.165) is 11.1 Å². The summed E-state index contributed by atoms with van der Waals surface area (Å²) < 4.78 is 5.48. The molecule has 1 aromatic carbocycles. The largest absolute Gasteiger partial charge is 0.458 e. The average Bonchev–Trinajstić information content (AvgIpc) is 2.39. The van der Waals surface area contributed by atoms with Crippen LogP contribution in [0.25, 0.3) is 0 Å². The van der Waals surface area contributed by atoms with Crippen molar-refractivity contribution in [3.63, 3.8) is 0 Å². The van der Waals surface area contributed by atoms with Crippen LogP contribution < -0.4 is 5.73 Å². The van der Waals surface area contributed by atoms with Gasteiger partial charge in [0.1, 0.15) is 5.60 Å². The lowest BCUT2D eigenvalue weighted by molar-refractivity contribution is -0.161. The molecule has 0 unspecified atom stereocenters. The SMILES string of the molecule is CC(C)(CN)OC(=O)C(C)(C)c1ccc(CCO)cc1. The monoisotopic (exact) mass is 279 g/mol. The van der Waals surface area contributed by atoms with Crippen molar-refractivity contribution in [2.24, 2.45) is 5.73 Å². The van der Waals surface area contributed by atoms with Crippen LogP contribution in [-0.2, 0) is 21.4 Å². The van der Waals surface area contributed by atoms with Gasteiger partial charge in [-0.25, -0.2) is 0 Å². The van der Waals surface area contributed by atoms with Crippen molar-refractivity contribution < 1.29 is 14.6 Å². The maximum absolute atomic E-state index is 12.3.